The van der Waals surface area contributed by atoms with Gasteiger partial charge in [-0.3, -0.25) is 14.5 Å². The summed E-state index contributed by atoms with van der Waals surface area (Å²) in [5.74, 6) is 0.261. The molecule has 0 spiro atoms. The van der Waals surface area contributed by atoms with Crippen molar-refractivity contribution < 1.29 is 33.7 Å². The summed E-state index contributed by atoms with van der Waals surface area (Å²) in [6, 6.07) is 3.72. The van der Waals surface area contributed by atoms with Gasteiger partial charge in [0.25, 0.3) is 11.4 Å². The minimum Gasteiger partial charge on any atom is -0.394 e. The maximum absolute atomic E-state index is 10.4. The van der Waals surface area contributed by atoms with Crippen molar-refractivity contribution in [2.24, 2.45) is 0 Å². The largest absolute Gasteiger partial charge is 0.394 e. The van der Waals surface area contributed by atoms with Gasteiger partial charge in [-0.15, -0.1) is 0 Å². The number of nitrogen functional groups attached to an aromatic ring is 1. The quantitative estimate of drug-likeness (QED) is 0.160. The number of rotatable bonds is 5. The third kappa shape index (κ3) is 5.76. The van der Waals surface area contributed by atoms with Gasteiger partial charge in [-0.25, -0.2) is 4.98 Å². The van der Waals surface area contributed by atoms with Crippen LogP contribution in [0.2, 0.25) is 0 Å². The fraction of sp³-hybridized carbons (Fsp3) is 0.412. The third-order valence-electron chi connectivity index (χ3n) is 4.61. The average Bonchev–Trinajstić information content (AvgIpc) is 2.68. The molecule has 170 valence electrons. The number of aliphatic hydroxyl groups is 4. The van der Waals surface area contributed by atoms with Crippen molar-refractivity contribution in [1.82, 2.24) is 19.5 Å². The first-order valence-corrected chi connectivity index (χ1v) is 9.97. The fourth-order valence-electron chi connectivity index (χ4n) is 2.93. The van der Waals surface area contributed by atoms with Gasteiger partial charge < -0.3 is 30.7 Å². The highest BCUT2D eigenvalue weighted by Crippen LogP contribution is 2.28. The molecule has 3 atom stereocenters. The number of nitrogens with one attached hydrogen (secondary N) is 1. The molecule has 0 radical (unpaired) electrons. The SMILES string of the molecule is Cc1cc2nc3c(N)nc(=N)nc-3n(C[C@H](O)[C@H](O)[C@H](O)CO)c2cc1C.O=S(O)O. The van der Waals surface area contributed by atoms with Crippen molar-refractivity contribution in [3.8, 4) is 11.5 Å². The van der Waals surface area contributed by atoms with Crippen LogP contribution in [0.3, 0.4) is 0 Å². The van der Waals surface area contributed by atoms with E-state index in [1.807, 2.05) is 26.0 Å². The standard InChI is InChI=1S/C17H22N6O4.H2O3S/c1-7-3-9-10(4-8(7)2)23(5-11(25)14(27)12(26)6-24)16-13(20-9)15(18)21-17(19)22-16;1-4(2)3/h3-4,11-12,14,24-27H,5-6H2,1-2H3,(H3,18,19,21);(H2,1,2,3)/t11-,12+,14-;/m0./s1. The highest BCUT2D eigenvalue weighted by molar-refractivity contribution is 7.73. The van der Waals surface area contributed by atoms with Crippen LogP contribution >= 0.6 is 0 Å². The number of nitrogens with zero attached hydrogens (tertiary/aromatic N) is 4. The molecule has 3 rings (SSSR count). The van der Waals surface area contributed by atoms with Crippen LogP contribution < -0.4 is 11.4 Å². The van der Waals surface area contributed by atoms with Crippen molar-refractivity contribution in [2.45, 2.75) is 38.7 Å². The summed E-state index contributed by atoms with van der Waals surface area (Å²) in [6.07, 6.45) is -4.46. The second-order valence-corrected chi connectivity index (χ2v) is 7.25. The van der Waals surface area contributed by atoms with Crippen LogP contribution in [0.4, 0.5) is 5.82 Å². The smallest absolute Gasteiger partial charge is 0.299 e. The van der Waals surface area contributed by atoms with Gasteiger partial charge in [0.05, 0.1) is 24.2 Å². The minimum absolute atomic E-state index is 0.0318. The Labute approximate surface area is 178 Å². The van der Waals surface area contributed by atoms with Crippen molar-refractivity contribution in [1.29, 1.82) is 5.41 Å². The molecule has 0 aliphatic carbocycles. The van der Waals surface area contributed by atoms with Crippen molar-refractivity contribution >= 4 is 28.2 Å². The zero-order chi connectivity index (χ0) is 23.5. The van der Waals surface area contributed by atoms with Crippen molar-refractivity contribution in [3.63, 3.8) is 0 Å². The van der Waals surface area contributed by atoms with E-state index in [-0.39, 0.29) is 29.5 Å². The van der Waals surface area contributed by atoms with Crippen LogP contribution in [0.15, 0.2) is 12.1 Å². The number of benzene rings is 1. The molecule has 0 amide bonds. The summed E-state index contributed by atoms with van der Waals surface area (Å²) in [7, 11) is 0. The number of aliphatic hydroxyl groups excluding tert-OH is 4. The molecule has 9 N–H and O–H groups in total. The third-order valence-corrected chi connectivity index (χ3v) is 4.61. The van der Waals surface area contributed by atoms with Gasteiger partial charge in [0.1, 0.15) is 24.0 Å². The Morgan fingerprint density at radius 2 is 1.68 bits per heavy atom. The molecule has 0 saturated carbocycles. The van der Waals surface area contributed by atoms with Gasteiger partial charge in [-0.05, 0) is 37.1 Å². The van der Waals surface area contributed by atoms with Crippen LogP contribution in [0.25, 0.3) is 22.6 Å². The molecule has 31 heavy (non-hydrogen) atoms. The van der Waals surface area contributed by atoms with Crippen molar-refractivity contribution in [3.05, 3.63) is 28.9 Å². The maximum Gasteiger partial charge on any atom is 0.299 e. The Balaban J connectivity index is 0.000000785. The minimum atomic E-state index is -2.61. The molecular formula is C17H24N6O7S. The number of hydrogen-bond donors (Lipinski definition) is 8. The van der Waals surface area contributed by atoms with Gasteiger partial charge in [0.15, 0.2) is 11.6 Å². The molecule has 13 nitrogen and oxygen atoms in total. The van der Waals surface area contributed by atoms with E-state index in [0.717, 1.165) is 11.1 Å². The van der Waals surface area contributed by atoms with Crippen LogP contribution in [-0.4, -0.2) is 78.2 Å². The Morgan fingerprint density at radius 3 is 2.26 bits per heavy atom. The number of fused-ring (bicyclic) bond motifs is 2. The van der Waals surface area contributed by atoms with Gasteiger partial charge in [-0.2, -0.15) is 14.2 Å². The summed E-state index contributed by atoms with van der Waals surface area (Å²) in [6.45, 7) is 3.01. The summed E-state index contributed by atoms with van der Waals surface area (Å²) in [5, 5.41) is 46.7. The second kappa shape index (κ2) is 10.1. The predicted octanol–water partition coefficient (Wildman–Crippen LogP) is -1.63. The molecule has 2 aliphatic rings. The fourth-order valence-corrected chi connectivity index (χ4v) is 2.93. The number of nitrogens with two attached hydrogens (primary N) is 1. The molecule has 2 aliphatic heterocycles. The Morgan fingerprint density at radius 1 is 1.10 bits per heavy atom. The van der Waals surface area contributed by atoms with Crippen LogP contribution in [0.1, 0.15) is 11.1 Å². The maximum atomic E-state index is 10.4. The highest BCUT2D eigenvalue weighted by atomic mass is 32.2. The Hall–Kier alpha value is -2.59. The molecule has 0 fully saturated rings. The molecule has 0 unspecified atom stereocenters. The zero-order valence-corrected chi connectivity index (χ0v) is 17.5. The normalized spacial score (nSPS) is 14.4. The van der Waals surface area contributed by atoms with Gasteiger partial charge in [-0.1, -0.05) is 0 Å². The molecule has 0 bridgehead atoms. The summed E-state index contributed by atoms with van der Waals surface area (Å²) in [5.41, 5.74) is 9.08. The lowest BCUT2D eigenvalue weighted by Crippen LogP contribution is -2.42. The van der Waals surface area contributed by atoms with E-state index in [4.69, 9.17) is 29.6 Å². The predicted molar refractivity (Wildman–Crippen MR) is 110 cm³/mol. The Bertz CT molecular complexity index is 1120. The lowest BCUT2D eigenvalue weighted by atomic mass is 10.1. The molecule has 0 aromatic heterocycles. The second-order valence-electron chi connectivity index (χ2n) is 6.79. The molecule has 0 saturated heterocycles. The average molecular weight is 456 g/mol. The first-order valence-electron chi connectivity index (χ1n) is 8.90. The van der Waals surface area contributed by atoms with Crippen molar-refractivity contribution in [2.75, 3.05) is 12.3 Å². The number of hydrogen-bond acceptors (Lipinski definition) is 10. The summed E-state index contributed by atoms with van der Waals surface area (Å²) < 4.78 is 24.4. The lowest BCUT2D eigenvalue weighted by molar-refractivity contribution is -0.0802. The van der Waals surface area contributed by atoms with Crippen LogP contribution in [-0.2, 0) is 17.9 Å². The van der Waals surface area contributed by atoms with Crippen LogP contribution in [0, 0.1) is 19.3 Å². The van der Waals surface area contributed by atoms with E-state index in [2.05, 4.69) is 15.0 Å². The van der Waals surface area contributed by atoms with Crippen LogP contribution in [0.5, 0.6) is 0 Å². The Kier molecular flexibility index (Phi) is 8.08. The van der Waals surface area contributed by atoms with E-state index in [0.29, 0.717) is 11.0 Å². The van der Waals surface area contributed by atoms with E-state index >= 15 is 0 Å². The van der Waals surface area contributed by atoms with E-state index < -0.39 is 36.3 Å². The number of aryl methyl sites for hydroxylation is 2. The summed E-state index contributed by atoms with van der Waals surface area (Å²) >= 11 is -2.61. The molecular weight excluding hydrogens is 432 g/mol. The lowest BCUT2D eigenvalue weighted by Gasteiger charge is -2.25. The van der Waals surface area contributed by atoms with E-state index in [9.17, 15) is 15.3 Å². The number of aromatic nitrogens is 4. The molecule has 2 heterocycles. The first-order chi connectivity index (χ1) is 14.5. The number of anilines is 1. The van der Waals surface area contributed by atoms with E-state index in [1.165, 1.54) is 0 Å². The van der Waals surface area contributed by atoms with Gasteiger partial charge in [0.2, 0.25) is 5.62 Å². The van der Waals surface area contributed by atoms with Gasteiger partial charge in [0, 0.05) is 0 Å². The van der Waals surface area contributed by atoms with Gasteiger partial charge >= 0.3 is 0 Å². The molecule has 14 heteroatoms. The van der Waals surface area contributed by atoms with E-state index in [1.54, 1.807) is 4.57 Å². The zero-order valence-electron chi connectivity index (χ0n) is 16.7. The highest BCUT2D eigenvalue weighted by Gasteiger charge is 2.27. The molecule has 1 aromatic carbocycles. The summed E-state index contributed by atoms with van der Waals surface area (Å²) in [4.78, 5) is 12.4. The monoisotopic (exact) mass is 456 g/mol. The topological polar surface area (TPSA) is 232 Å². The first kappa shape index (κ1) is 24.7. The molecule has 1 aromatic rings.